The Balaban J connectivity index is 2.17. The Morgan fingerprint density at radius 2 is 2.33 bits per heavy atom. The molecule has 3 N–H and O–H groups in total. The third kappa shape index (κ3) is 2.78. The highest BCUT2D eigenvalue weighted by molar-refractivity contribution is 7.91. The lowest BCUT2D eigenvalue weighted by molar-refractivity contribution is 0.285. The van der Waals surface area contributed by atoms with Crippen molar-refractivity contribution in [3.05, 3.63) is 35.0 Å². The van der Waals surface area contributed by atoms with Crippen LogP contribution in [0.5, 0.6) is 0 Å². The van der Waals surface area contributed by atoms with Crippen LogP contribution in [0.25, 0.3) is 0 Å². The topological polar surface area (TPSA) is 95.1 Å². The maximum Gasteiger partial charge on any atom is 0.250 e. The Bertz CT molecular complexity index is 604. The summed E-state index contributed by atoms with van der Waals surface area (Å²) in [5, 5.41) is 15.3. The van der Waals surface area contributed by atoms with Crippen LogP contribution in [0.1, 0.15) is 23.4 Å². The van der Waals surface area contributed by atoms with Crippen LogP contribution in [0.15, 0.2) is 28.7 Å². The molecule has 0 saturated heterocycles. The van der Waals surface area contributed by atoms with E-state index in [0.29, 0.717) is 4.88 Å². The van der Waals surface area contributed by atoms with Crippen LogP contribution in [0, 0.1) is 0 Å². The monoisotopic (exact) mass is 287 g/mol. The van der Waals surface area contributed by atoms with Gasteiger partial charge in [0, 0.05) is 22.7 Å². The fourth-order valence-corrected chi connectivity index (χ4v) is 3.91. The normalized spacial score (nSPS) is 13.7. The van der Waals surface area contributed by atoms with Crippen molar-refractivity contribution >= 4 is 21.4 Å². The molecule has 0 saturated carbocycles. The Morgan fingerprint density at radius 1 is 1.56 bits per heavy atom. The zero-order valence-electron chi connectivity index (χ0n) is 9.62. The molecule has 0 radical (unpaired) electrons. The van der Waals surface area contributed by atoms with Crippen molar-refractivity contribution in [2.75, 3.05) is 0 Å². The van der Waals surface area contributed by atoms with Gasteiger partial charge in [0.25, 0.3) is 10.0 Å². The van der Waals surface area contributed by atoms with E-state index in [1.54, 1.807) is 25.4 Å². The standard InChI is InChI=1S/C10H13N3O3S2/c1-7(8-4-11-12-5-8)13-18(15,16)10-3-2-9(6-14)17-10/h2-5,7,13-14H,6H2,1H3,(H,11,12). The summed E-state index contributed by atoms with van der Waals surface area (Å²) in [6.45, 7) is 1.58. The minimum atomic E-state index is -3.56. The van der Waals surface area contributed by atoms with Crippen molar-refractivity contribution < 1.29 is 13.5 Å². The van der Waals surface area contributed by atoms with E-state index in [9.17, 15) is 8.42 Å². The van der Waals surface area contributed by atoms with Gasteiger partial charge in [-0.1, -0.05) is 0 Å². The minimum absolute atomic E-state index is 0.155. The van der Waals surface area contributed by atoms with Crippen molar-refractivity contribution in [2.45, 2.75) is 23.8 Å². The Hall–Kier alpha value is -1.22. The summed E-state index contributed by atoms with van der Waals surface area (Å²) in [6.07, 6.45) is 3.21. The zero-order valence-corrected chi connectivity index (χ0v) is 11.3. The summed E-state index contributed by atoms with van der Waals surface area (Å²) in [7, 11) is -3.56. The fourth-order valence-electron chi connectivity index (χ4n) is 1.44. The van der Waals surface area contributed by atoms with E-state index in [-0.39, 0.29) is 16.9 Å². The Labute approximate surface area is 109 Å². The number of hydrogen-bond donors (Lipinski definition) is 3. The second kappa shape index (κ2) is 5.19. The van der Waals surface area contributed by atoms with E-state index in [1.807, 2.05) is 0 Å². The third-order valence-electron chi connectivity index (χ3n) is 2.41. The lowest BCUT2D eigenvalue weighted by Gasteiger charge is -2.11. The molecule has 0 bridgehead atoms. The molecule has 0 amide bonds. The Morgan fingerprint density at radius 3 is 2.89 bits per heavy atom. The van der Waals surface area contributed by atoms with Crippen LogP contribution in [-0.2, 0) is 16.6 Å². The summed E-state index contributed by atoms with van der Waals surface area (Å²) in [4.78, 5) is 0.617. The summed E-state index contributed by atoms with van der Waals surface area (Å²) in [6, 6.07) is 2.72. The average Bonchev–Trinajstić information content (AvgIpc) is 3.00. The highest BCUT2D eigenvalue weighted by atomic mass is 32.2. The quantitative estimate of drug-likeness (QED) is 0.764. The second-order valence-corrected chi connectivity index (χ2v) is 6.86. The summed E-state index contributed by atoms with van der Waals surface area (Å²) < 4.78 is 26.9. The molecule has 98 valence electrons. The molecule has 18 heavy (non-hydrogen) atoms. The van der Waals surface area contributed by atoms with E-state index in [0.717, 1.165) is 16.9 Å². The van der Waals surface area contributed by atoms with Crippen LogP contribution >= 0.6 is 11.3 Å². The SMILES string of the molecule is CC(NS(=O)(=O)c1ccc(CO)s1)c1cn[nH]c1. The van der Waals surface area contributed by atoms with Crippen molar-refractivity contribution in [2.24, 2.45) is 0 Å². The maximum absolute atomic E-state index is 12.1. The number of aliphatic hydroxyl groups excluding tert-OH is 1. The minimum Gasteiger partial charge on any atom is -0.391 e. The van der Waals surface area contributed by atoms with Crippen molar-refractivity contribution in [1.29, 1.82) is 0 Å². The summed E-state index contributed by atoms with van der Waals surface area (Å²) in [5.41, 5.74) is 0.762. The van der Waals surface area contributed by atoms with Gasteiger partial charge >= 0.3 is 0 Å². The third-order valence-corrected chi connectivity index (χ3v) is 5.51. The van der Waals surface area contributed by atoms with Gasteiger partial charge in [0.05, 0.1) is 12.8 Å². The first-order valence-electron chi connectivity index (χ1n) is 5.23. The fraction of sp³-hybridized carbons (Fsp3) is 0.300. The van der Waals surface area contributed by atoms with Crippen molar-refractivity contribution in [3.63, 3.8) is 0 Å². The van der Waals surface area contributed by atoms with Gasteiger partial charge in [-0.2, -0.15) is 5.10 Å². The van der Waals surface area contributed by atoms with Crippen molar-refractivity contribution in [3.8, 4) is 0 Å². The summed E-state index contributed by atoms with van der Waals surface area (Å²) in [5.74, 6) is 0. The largest absolute Gasteiger partial charge is 0.391 e. The number of nitrogens with one attached hydrogen (secondary N) is 2. The lowest BCUT2D eigenvalue weighted by atomic mass is 10.2. The number of aromatic amines is 1. The van der Waals surface area contributed by atoms with E-state index < -0.39 is 10.0 Å². The molecular formula is C10H13N3O3S2. The van der Waals surface area contributed by atoms with Crippen LogP contribution in [0.4, 0.5) is 0 Å². The van der Waals surface area contributed by atoms with Gasteiger partial charge in [-0.15, -0.1) is 11.3 Å². The Kier molecular flexibility index (Phi) is 3.81. The average molecular weight is 287 g/mol. The molecule has 1 unspecified atom stereocenters. The molecule has 0 aliphatic carbocycles. The van der Waals surface area contributed by atoms with E-state index in [4.69, 9.17) is 5.11 Å². The molecule has 2 rings (SSSR count). The highest BCUT2D eigenvalue weighted by Gasteiger charge is 2.20. The number of aromatic nitrogens is 2. The maximum atomic E-state index is 12.1. The van der Waals surface area contributed by atoms with Gasteiger partial charge in [0.1, 0.15) is 4.21 Å². The molecule has 6 nitrogen and oxygen atoms in total. The van der Waals surface area contributed by atoms with Crippen LogP contribution in [0.3, 0.4) is 0 Å². The molecule has 2 aromatic heterocycles. The zero-order chi connectivity index (χ0) is 13.2. The number of aliphatic hydroxyl groups is 1. The van der Waals surface area contributed by atoms with Gasteiger partial charge in [0.2, 0.25) is 0 Å². The van der Waals surface area contributed by atoms with E-state index >= 15 is 0 Å². The van der Waals surface area contributed by atoms with Crippen LogP contribution in [-0.4, -0.2) is 23.7 Å². The molecule has 2 heterocycles. The van der Waals surface area contributed by atoms with Crippen molar-refractivity contribution in [1.82, 2.24) is 14.9 Å². The number of thiophene rings is 1. The molecule has 0 fully saturated rings. The number of sulfonamides is 1. The molecule has 8 heteroatoms. The summed E-state index contributed by atoms with van der Waals surface area (Å²) >= 11 is 1.06. The predicted octanol–water partition coefficient (Wildman–Crippen LogP) is 1.00. The van der Waals surface area contributed by atoms with Gasteiger partial charge in [-0.3, -0.25) is 5.10 Å². The van der Waals surface area contributed by atoms with Gasteiger partial charge < -0.3 is 5.11 Å². The molecule has 1 atom stereocenters. The smallest absolute Gasteiger partial charge is 0.250 e. The number of nitrogens with zero attached hydrogens (tertiary/aromatic N) is 1. The van der Waals surface area contributed by atoms with Crippen LogP contribution in [0.2, 0.25) is 0 Å². The molecule has 0 spiro atoms. The first-order valence-corrected chi connectivity index (χ1v) is 7.53. The molecule has 0 aromatic carbocycles. The lowest BCUT2D eigenvalue weighted by Crippen LogP contribution is -2.25. The van der Waals surface area contributed by atoms with Gasteiger partial charge in [-0.25, -0.2) is 13.1 Å². The number of hydrogen-bond acceptors (Lipinski definition) is 5. The number of H-pyrrole nitrogens is 1. The van der Waals surface area contributed by atoms with E-state index in [2.05, 4.69) is 14.9 Å². The first kappa shape index (κ1) is 13.2. The predicted molar refractivity (Wildman–Crippen MR) is 67.6 cm³/mol. The molecule has 0 aliphatic rings. The first-order chi connectivity index (χ1) is 8.53. The number of rotatable bonds is 5. The van der Waals surface area contributed by atoms with Gasteiger partial charge in [0.15, 0.2) is 0 Å². The van der Waals surface area contributed by atoms with Crippen LogP contribution < -0.4 is 4.72 Å². The second-order valence-electron chi connectivity index (χ2n) is 3.75. The highest BCUT2D eigenvalue weighted by Crippen LogP contribution is 2.23. The van der Waals surface area contributed by atoms with Gasteiger partial charge in [-0.05, 0) is 19.1 Å². The molecule has 2 aromatic rings. The molecular weight excluding hydrogens is 274 g/mol. The van der Waals surface area contributed by atoms with E-state index in [1.165, 1.54) is 6.07 Å². The molecule has 0 aliphatic heterocycles.